The Kier molecular flexibility index (Phi) is 3.34. The van der Waals surface area contributed by atoms with Crippen molar-refractivity contribution in [1.29, 1.82) is 0 Å². The summed E-state index contributed by atoms with van der Waals surface area (Å²) in [6, 6.07) is 6.24. The lowest BCUT2D eigenvalue weighted by molar-refractivity contribution is 0.0893. The van der Waals surface area contributed by atoms with Gasteiger partial charge in [-0.1, -0.05) is 0 Å². The molecule has 0 amide bonds. The van der Waals surface area contributed by atoms with Crippen LogP contribution in [0.15, 0.2) is 18.2 Å². The maximum Gasteiger partial charge on any atom is 0.0746 e. The molecule has 1 saturated heterocycles. The van der Waals surface area contributed by atoms with E-state index in [-0.39, 0.29) is 0 Å². The monoisotopic (exact) mass is 220 g/mol. The van der Waals surface area contributed by atoms with E-state index in [1.165, 1.54) is 17.7 Å². The lowest BCUT2D eigenvalue weighted by atomic mass is 10.1. The van der Waals surface area contributed by atoms with Gasteiger partial charge in [-0.05, 0) is 43.5 Å². The van der Waals surface area contributed by atoms with Crippen molar-refractivity contribution in [1.82, 2.24) is 0 Å². The Morgan fingerprint density at radius 2 is 2.19 bits per heavy atom. The molecule has 1 atom stereocenters. The first-order chi connectivity index (χ1) is 7.69. The van der Waals surface area contributed by atoms with Gasteiger partial charge >= 0.3 is 0 Å². The van der Waals surface area contributed by atoms with Gasteiger partial charge in [-0.15, -0.1) is 0 Å². The summed E-state index contributed by atoms with van der Waals surface area (Å²) in [5, 5.41) is 0. The maximum absolute atomic E-state index is 5.88. The number of aryl methyl sites for hydroxylation is 1. The van der Waals surface area contributed by atoms with Crippen LogP contribution in [-0.4, -0.2) is 26.3 Å². The fourth-order valence-electron chi connectivity index (χ4n) is 2.34. The first kappa shape index (κ1) is 11.3. The third-order valence-corrected chi connectivity index (χ3v) is 3.16. The number of nitrogens with two attached hydrogens (primary N) is 1. The number of benzene rings is 1. The van der Waals surface area contributed by atoms with Gasteiger partial charge in [0.05, 0.1) is 6.10 Å². The largest absolute Gasteiger partial charge is 0.399 e. The third kappa shape index (κ3) is 2.47. The Hall–Kier alpha value is -1.22. The van der Waals surface area contributed by atoms with Crippen molar-refractivity contribution >= 4 is 11.4 Å². The van der Waals surface area contributed by atoms with Crippen LogP contribution >= 0.6 is 0 Å². The molecule has 1 unspecified atom stereocenters. The van der Waals surface area contributed by atoms with Crippen molar-refractivity contribution in [3.05, 3.63) is 23.8 Å². The number of piperidine rings is 1. The van der Waals surface area contributed by atoms with Crippen LogP contribution in [0.1, 0.15) is 18.4 Å². The quantitative estimate of drug-likeness (QED) is 0.776. The molecule has 0 spiro atoms. The molecule has 16 heavy (non-hydrogen) atoms. The Labute approximate surface area is 97.2 Å². The van der Waals surface area contributed by atoms with Gasteiger partial charge in [0.2, 0.25) is 0 Å². The highest BCUT2D eigenvalue weighted by Crippen LogP contribution is 2.24. The predicted octanol–water partition coefficient (Wildman–Crippen LogP) is 2.19. The van der Waals surface area contributed by atoms with Crippen LogP contribution in [0.2, 0.25) is 0 Å². The van der Waals surface area contributed by atoms with Gasteiger partial charge in [-0.25, -0.2) is 0 Å². The number of methoxy groups -OCH3 is 1. The molecule has 3 nitrogen and oxygen atoms in total. The molecule has 0 saturated carbocycles. The van der Waals surface area contributed by atoms with Crippen molar-refractivity contribution in [2.75, 3.05) is 30.8 Å². The highest BCUT2D eigenvalue weighted by molar-refractivity contribution is 5.58. The lowest BCUT2D eigenvalue weighted by Crippen LogP contribution is -2.39. The number of rotatable bonds is 2. The van der Waals surface area contributed by atoms with Gasteiger partial charge in [0.1, 0.15) is 0 Å². The maximum atomic E-state index is 5.88. The summed E-state index contributed by atoms with van der Waals surface area (Å²) >= 11 is 0. The van der Waals surface area contributed by atoms with Gasteiger partial charge in [0.15, 0.2) is 0 Å². The van der Waals surface area contributed by atoms with Gasteiger partial charge in [0, 0.05) is 31.6 Å². The molecule has 88 valence electrons. The Balaban J connectivity index is 2.16. The van der Waals surface area contributed by atoms with E-state index in [0.717, 1.165) is 25.2 Å². The van der Waals surface area contributed by atoms with Crippen LogP contribution in [-0.2, 0) is 4.74 Å². The zero-order valence-electron chi connectivity index (χ0n) is 10.1. The molecule has 0 aliphatic carbocycles. The molecule has 2 rings (SSSR count). The minimum absolute atomic E-state index is 0.357. The second-order valence-electron chi connectivity index (χ2n) is 4.55. The fraction of sp³-hybridized carbons (Fsp3) is 0.538. The Bertz CT molecular complexity index is 345. The van der Waals surface area contributed by atoms with Crippen LogP contribution in [0.3, 0.4) is 0 Å². The van der Waals surface area contributed by atoms with Gasteiger partial charge in [-0.2, -0.15) is 0 Å². The minimum atomic E-state index is 0.357. The van der Waals surface area contributed by atoms with E-state index in [0.29, 0.717) is 6.10 Å². The van der Waals surface area contributed by atoms with Crippen molar-refractivity contribution < 1.29 is 4.74 Å². The van der Waals surface area contributed by atoms with Crippen LogP contribution < -0.4 is 10.6 Å². The van der Waals surface area contributed by atoms with Crippen LogP contribution in [0, 0.1) is 6.92 Å². The molecule has 1 aliphatic heterocycles. The van der Waals surface area contributed by atoms with E-state index in [1.54, 1.807) is 7.11 Å². The van der Waals surface area contributed by atoms with Crippen LogP contribution in [0.25, 0.3) is 0 Å². The molecular weight excluding hydrogens is 200 g/mol. The molecule has 0 radical (unpaired) electrons. The van der Waals surface area contributed by atoms with E-state index in [9.17, 15) is 0 Å². The van der Waals surface area contributed by atoms with Crippen molar-refractivity contribution in [2.45, 2.75) is 25.9 Å². The van der Waals surface area contributed by atoms with Crippen molar-refractivity contribution in [2.24, 2.45) is 0 Å². The Morgan fingerprint density at radius 3 is 2.88 bits per heavy atom. The number of hydrogen-bond acceptors (Lipinski definition) is 3. The van der Waals surface area contributed by atoms with Crippen molar-refractivity contribution in [3.8, 4) is 0 Å². The SMILES string of the molecule is COC1CCCN(c2cc(C)cc(N)c2)C1. The fourth-order valence-corrected chi connectivity index (χ4v) is 2.34. The molecule has 1 heterocycles. The molecule has 3 heteroatoms. The van der Waals surface area contributed by atoms with Crippen LogP contribution in [0.4, 0.5) is 11.4 Å². The first-order valence-corrected chi connectivity index (χ1v) is 5.84. The molecule has 1 aliphatic rings. The summed E-state index contributed by atoms with van der Waals surface area (Å²) in [7, 11) is 1.79. The van der Waals surface area contributed by atoms with E-state index in [1.807, 2.05) is 12.1 Å². The molecule has 0 bridgehead atoms. The average Bonchev–Trinajstić information content (AvgIpc) is 2.28. The number of nitrogens with zero attached hydrogens (tertiary/aromatic N) is 1. The standard InChI is InChI=1S/C13H20N2O/c1-10-6-11(14)8-12(7-10)15-5-3-4-13(9-15)16-2/h6-8,13H,3-5,9,14H2,1-2H3. The third-order valence-electron chi connectivity index (χ3n) is 3.16. The summed E-state index contributed by atoms with van der Waals surface area (Å²) in [6.07, 6.45) is 2.70. The topological polar surface area (TPSA) is 38.5 Å². The van der Waals surface area contributed by atoms with E-state index in [4.69, 9.17) is 10.5 Å². The summed E-state index contributed by atoms with van der Waals surface area (Å²) in [4.78, 5) is 2.36. The van der Waals surface area contributed by atoms with E-state index >= 15 is 0 Å². The summed E-state index contributed by atoms with van der Waals surface area (Å²) in [6.45, 7) is 4.15. The summed E-state index contributed by atoms with van der Waals surface area (Å²) in [5.41, 5.74) is 9.16. The van der Waals surface area contributed by atoms with E-state index in [2.05, 4.69) is 17.9 Å². The van der Waals surface area contributed by atoms with Gasteiger partial charge in [-0.3, -0.25) is 0 Å². The molecule has 1 aromatic rings. The number of nitrogen functional groups attached to an aromatic ring is 1. The molecule has 0 aromatic heterocycles. The van der Waals surface area contributed by atoms with Crippen LogP contribution in [0.5, 0.6) is 0 Å². The summed E-state index contributed by atoms with van der Waals surface area (Å²) in [5.74, 6) is 0. The normalized spacial score (nSPS) is 21.1. The number of hydrogen-bond donors (Lipinski definition) is 1. The minimum Gasteiger partial charge on any atom is -0.399 e. The molecular formula is C13H20N2O. The highest BCUT2D eigenvalue weighted by atomic mass is 16.5. The van der Waals surface area contributed by atoms with Gasteiger partial charge < -0.3 is 15.4 Å². The molecule has 2 N–H and O–H groups in total. The van der Waals surface area contributed by atoms with Crippen molar-refractivity contribution in [3.63, 3.8) is 0 Å². The van der Waals surface area contributed by atoms with E-state index < -0.39 is 0 Å². The molecule has 1 fully saturated rings. The molecule has 1 aromatic carbocycles. The number of ether oxygens (including phenoxy) is 1. The Morgan fingerprint density at radius 1 is 1.38 bits per heavy atom. The zero-order valence-corrected chi connectivity index (χ0v) is 10.1. The zero-order chi connectivity index (χ0) is 11.5. The second-order valence-corrected chi connectivity index (χ2v) is 4.55. The second kappa shape index (κ2) is 4.74. The predicted molar refractivity (Wildman–Crippen MR) is 67.8 cm³/mol. The lowest BCUT2D eigenvalue weighted by Gasteiger charge is -2.34. The number of anilines is 2. The van der Waals surface area contributed by atoms with Gasteiger partial charge in [0.25, 0.3) is 0 Å². The first-order valence-electron chi connectivity index (χ1n) is 5.84. The highest BCUT2D eigenvalue weighted by Gasteiger charge is 2.19. The average molecular weight is 220 g/mol. The smallest absolute Gasteiger partial charge is 0.0746 e. The summed E-state index contributed by atoms with van der Waals surface area (Å²) < 4.78 is 5.43.